The Morgan fingerprint density at radius 3 is 2.35 bits per heavy atom. The average Bonchev–Trinajstić information content (AvgIpc) is 3.16. The first-order valence-corrected chi connectivity index (χ1v) is 10.0. The fourth-order valence-corrected chi connectivity index (χ4v) is 3.34. The maximum Gasteiger partial charge on any atom is 0.325 e. The number of aliphatic carboxylic acids is 1. The minimum absolute atomic E-state index is 0.213. The van der Waals surface area contributed by atoms with Crippen molar-refractivity contribution in [1.29, 1.82) is 0 Å². The minimum Gasteiger partial charge on any atom is -0.480 e. The molecule has 31 heavy (non-hydrogen) atoms. The fourth-order valence-electron chi connectivity index (χ4n) is 3.34. The van der Waals surface area contributed by atoms with Gasteiger partial charge in [0.2, 0.25) is 11.8 Å². The van der Waals surface area contributed by atoms with E-state index in [1.54, 1.807) is 0 Å². The fraction of sp³-hybridized carbons (Fsp3) is 0.261. The van der Waals surface area contributed by atoms with E-state index in [2.05, 4.69) is 15.6 Å². The van der Waals surface area contributed by atoms with E-state index in [9.17, 15) is 14.4 Å². The quantitative estimate of drug-likeness (QED) is 0.354. The van der Waals surface area contributed by atoms with E-state index in [-0.39, 0.29) is 6.42 Å². The Balaban J connectivity index is 1.71. The van der Waals surface area contributed by atoms with Crippen LogP contribution in [-0.2, 0) is 27.2 Å². The number of amides is 2. The van der Waals surface area contributed by atoms with Gasteiger partial charge in [-0.1, -0.05) is 48.5 Å². The molecule has 2 amide bonds. The summed E-state index contributed by atoms with van der Waals surface area (Å²) in [6, 6.07) is 14.0. The van der Waals surface area contributed by atoms with Gasteiger partial charge in [0.25, 0.3) is 0 Å². The van der Waals surface area contributed by atoms with Crippen molar-refractivity contribution in [2.75, 3.05) is 0 Å². The molecule has 0 bridgehead atoms. The van der Waals surface area contributed by atoms with Gasteiger partial charge >= 0.3 is 5.97 Å². The number of aromatic amines is 1. The van der Waals surface area contributed by atoms with Crippen LogP contribution in [0.3, 0.4) is 0 Å². The monoisotopic (exact) mass is 422 g/mol. The number of nitrogens with one attached hydrogen (secondary N) is 3. The van der Waals surface area contributed by atoms with Gasteiger partial charge in [-0.15, -0.1) is 0 Å². The molecule has 1 heterocycles. The summed E-state index contributed by atoms with van der Waals surface area (Å²) >= 11 is 0. The Labute approximate surface area is 179 Å². The van der Waals surface area contributed by atoms with Gasteiger partial charge in [0.05, 0.1) is 6.04 Å². The smallest absolute Gasteiger partial charge is 0.325 e. The molecule has 0 saturated heterocycles. The number of carboxylic acid groups (broad SMARTS) is 1. The van der Waals surface area contributed by atoms with E-state index < -0.39 is 35.9 Å². The molecule has 8 heteroatoms. The highest BCUT2D eigenvalue weighted by atomic mass is 16.4. The van der Waals surface area contributed by atoms with Gasteiger partial charge in [-0.05, 0) is 30.5 Å². The molecular weight excluding hydrogens is 396 g/mol. The lowest BCUT2D eigenvalue weighted by Gasteiger charge is -2.22. The zero-order valence-corrected chi connectivity index (χ0v) is 17.2. The maximum absolute atomic E-state index is 12.8. The number of para-hydroxylation sites is 1. The van der Waals surface area contributed by atoms with E-state index in [4.69, 9.17) is 10.8 Å². The first kappa shape index (κ1) is 22.0. The summed E-state index contributed by atoms with van der Waals surface area (Å²) in [4.78, 5) is 39.7. The molecule has 3 aromatic rings. The molecule has 6 N–H and O–H groups in total. The number of carbonyl (C=O) groups is 3. The number of carbonyl (C=O) groups excluding carboxylic acids is 2. The van der Waals surface area contributed by atoms with Crippen molar-refractivity contribution in [1.82, 2.24) is 15.6 Å². The number of H-pyrrole nitrogens is 1. The molecule has 162 valence electrons. The van der Waals surface area contributed by atoms with Crippen molar-refractivity contribution in [2.45, 2.75) is 37.9 Å². The second-order valence-corrected chi connectivity index (χ2v) is 7.49. The molecule has 1 aromatic heterocycles. The third kappa shape index (κ3) is 5.70. The molecule has 0 aliphatic heterocycles. The maximum atomic E-state index is 12.8. The number of fused-ring (bicyclic) bond motifs is 1. The number of nitrogens with two attached hydrogens (primary N) is 1. The second kappa shape index (κ2) is 9.90. The van der Waals surface area contributed by atoms with Crippen molar-refractivity contribution in [3.8, 4) is 0 Å². The summed E-state index contributed by atoms with van der Waals surface area (Å²) in [5.74, 6) is -2.22. The number of benzene rings is 2. The molecular formula is C23H26N4O4. The molecule has 0 saturated carbocycles. The first-order valence-electron chi connectivity index (χ1n) is 10.0. The van der Waals surface area contributed by atoms with E-state index in [1.165, 1.54) is 6.92 Å². The molecule has 0 aliphatic carbocycles. The summed E-state index contributed by atoms with van der Waals surface area (Å²) in [5.41, 5.74) is 8.83. The number of aromatic nitrogens is 1. The van der Waals surface area contributed by atoms with E-state index >= 15 is 0 Å². The van der Waals surface area contributed by atoms with Gasteiger partial charge in [0.1, 0.15) is 12.1 Å². The highest BCUT2D eigenvalue weighted by molar-refractivity contribution is 5.92. The number of rotatable bonds is 9. The second-order valence-electron chi connectivity index (χ2n) is 7.49. The molecule has 0 fully saturated rings. The van der Waals surface area contributed by atoms with Gasteiger partial charge < -0.3 is 26.5 Å². The number of carboxylic acids is 1. The highest BCUT2D eigenvalue weighted by Crippen LogP contribution is 2.18. The third-order valence-corrected chi connectivity index (χ3v) is 5.10. The Hall–Kier alpha value is -3.65. The zero-order chi connectivity index (χ0) is 22.4. The van der Waals surface area contributed by atoms with Crippen molar-refractivity contribution >= 4 is 28.7 Å². The Bertz CT molecular complexity index is 1060. The summed E-state index contributed by atoms with van der Waals surface area (Å²) in [7, 11) is 0. The molecule has 0 aliphatic rings. The lowest BCUT2D eigenvalue weighted by Crippen LogP contribution is -2.55. The lowest BCUT2D eigenvalue weighted by molar-refractivity contribution is -0.141. The van der Waals surface area contributed by atoms with Crippen LogP contribution in [0.5, 0.6) is 0 Å². The van der Waals surface area contributed by atoms with Crippen LogP contribution in [0.4, 0.5) is 0 Å². The largest absolute Gasteiger partial charge is 0.480 e. The summed E-state index contributed by atoms with van der Waals surface area (Å²) in [6.07, 6.45) is 2.33. The van der Waals surface area contributed by atoms with E-state index in [0.717, 1.165) is 22.0 Å². The zero-order valence-electron chi connectivity index (χ0n) is 17.2. The highest BCUT2D eigenvalue weighted by Gasteiger charge is 2.27. The van der Waals surface area contributed by atoms with Crippen molar-refractivity contribution in [3.63, 3.8) is 0 Å². The van der Waals surface area contributed by atoms with Crippen LogP contribution in [-0.4, -0.2) is 46.0 Å². The van der Waals surface area contributed by atoms with Gasteiger partial charge in [-0.2, -0.15) is 0 Å². The number of hydrogen-bond acceptors (Lipinski definition) is 4. The van der Waals surface area contributed by atoms with Crippen molar-refractivity contribution in [3.05, 3.63) is 71.9 Å². The SMILES string of the molecule is C[C@H](NC(=O)[C@H](Cc1ccccc1)NC(=O)[C@@H](N)Cc1c[nH]c2ccccc12)C(=O)O. The molecule has 2 aromatic carbocycles. The van der Waals surface area contributed by atoms with E-state index in [0.29, 0.717) is 6.42 Å². The van der Waals surface area contributed by atoms with Crippen molar-refractivity contribution in [2.24, 2.45) is 5.73 Å². The van der Waals surface area contributed by atoms with Crippen LogP contribution in [0.1, 0.15) is 18.1 Å². The number of hydrogen-bond donors (Lipinski definition) is 5. The van der Waals surface area contributed by atoms with Gasteiger partial charge in [-0.3, -0.25) is 14.4 Å². The molecule has 0 unspecified atom stereocenters. The normalized spacial score (nSPS) is 13.9. The van der Waals surface area contributed by atoms with Crippen LogP contribution in [0, 0.1) is 0 Å². The van der Waals surface area contributed by atoms with Crippen LogP contribution >= 0.6 is 0 Å². The molecule has 0 radical (unpaired) electrons. The molecule has 3 atom stereocenters. The molecule has 3 rings (SSSR count). The summed E-state index contributed by atoms with van der Waals surface area (Å²) in [6.45, 7) is 1.37. The predicted octanol–water partition coefficient (Wildman–Crippen LogP) is 1.35. The first-order chi connectivity index (χ1) is 14.8. The summed E-state index contributed by atoms with van der Waals surface area (Å²) in [5, 5.41) is 15.2. The van der Waals surface area contributed by atoms with Crippen LogP contribution < -0.4 is 16.4 Å². The minimum atomic E-state index is -1.16. The van der Waals surface area contributed by atoms with Crippen molar-refractivity contribution < 1.29 is 19.5 Å². The van der Waals surface area contributed by atoms with Crippen LogP contribution in [0.25, 0.3) is 10.9 Å². The van der Waals surface area contributed by atoms with E-state index in [1.807, 2.05) is 60.8 Å². The lowest BCUT2D eigenvalue weighted by atomic mass is 10.0. The van der Waals surface area contributed by atoms with Crippen LogP contribution in [0.2, 0.25) is 0 Å². The van der Waals surface area contributed by atoms with Gasteiger partial charge in [0.15, 0.2) is 0 Å². The molecule has 0 spiro atoms. The Kier molecular flexibility index (Phi) is 7.04. The molecule has 8 nitrogen and oxygen atoms in total. The topological polar surface area (TPSA) is 137 Å². The van der Waals surface area contributed by atoms with Crippen LogP contribution in [0.15, 0.2) is 60.8 Å². The predicted molar refractivity (Wildman–Crippen MR) is 117 cm³/mol. The van der Waals surface area contributed by atoms with Gasteiger partial charge in [0, 0.05) is 23.5 Å². The Morgan fingerprint density at radius 1 is 0.968 bits per heavy atom. The average molecular weight is 422 g/mol. The van der Waals surface area contributed by atoms with Gasteiger partial charge in [-0.25, -0.2) is 0 Å². The standard InChI is InChI=1S/C23H26N4O4/c1-14(23(30)31)26-22(29)20(11-15-7-3-2-4-8-15)27-21(28)18(24)12-16-13-25-19-10-6-5-9-17(16)19/h2-10,13-14,18,20,25H,11-12,24H2,1H3,(H,26,29)(H,27,28)(H,30,31)/t14-,18-,20-/m0/s1. The third-order valence-electron chi connectivity index (χ3n) is 5.10. The Morgan fingerprint density at radius 2 is 1.65 bits per heavy atom. The summed E-state index contributed by atoms with van der Waals surface area (Å²) < 4.78 is 0.